The first-order valence-electron chi connectivity index (χ1n) is 4.15. The molecule has 0 saturated heterocycles. The van der Waals surface area contributed by atoms with Crippen LogP contribution in [-0.4, -0.2) is 12.1 Å². The molecule has 1 aromatic rings. The Morgan fingerprint density at radius 1 is 1.85 bits per heavy atom. The fourth-order valence-electron chi connectivity index (χ4n) is 0.888. The zero-order valence-corrected chi connectivity index (χ0v) is 7.53. The Morgan fingerprint density at radius 3 is 3.08 bits per heavy atom. The van der Waals surface area contributed by atoms with Gasteiger partial charge < -0.3 is 9.15 Å². The topological polar surface area (TPSA) is 39.4 Å². The molecule has 1 rings (SSSR count). The Kier molecular flexibility index (Phi) is 3.31. The number of hydrogen-bond donors (Lipinski definition) is 0. The van der Waals surface area contributed by atoms with Crippen LogP contribution in [0, 0.1) is 0 Å². The molecule has 0 fully saturated rings. The Hall–Kier alpha value is -1.51. The van der Waals surface area contributed by atoms with E-state index in [1.165, 1.54) is 6.26 Å². The van der Waals surface area contributed by atoms with E-state index in [4.69, 9.17) is 9.15 Å². The zero-order valence-electron chi connectivity index (χ0n) is 7.53. The van der Waals surface area contributed by atoms with E-state index >= 15 is 0 Å². The fraction of sp³-hybridized carbons (Fsp3) is 0.300. The van der Waals surface area contributed by atoms with E-state index in [1.807, 2.05) is 6.92 Å². The van der Waals surface area contributed by atoms with Crippen LogP contribution < -0.4 is 0 Å². The van der Waals surface area contributed by atoms with Gasteiger partial charge in [0, 0.05) is 0 Å². The normalized spacial score (nSPS) is 12.1. The number of ether oxygens (including phenoxy) is 1. The van der Waals surface area contributed by atoms with Crippen LogP contribution in [0.1, 0.15) is 23.9 Å². The average Bonchev–Trinajstić information content (AvgIpc) is 2.66. The second-order valence-electron chi connectivity index (χ2n) is 2.57. The second kappa shape index (κ2) is 4.50. The summed E-state index contributed by atoms with van der Waals surface area (Å²) in [4.78, 5) is 11.3. The van der Waals surface area contributed by atoms with Gasteiger partial charge in [0.2, 0.25) is 5.76 Å². The van der Waals surface area contributed by atoms with Crippen molar-refractivity contribution in [3.8, 4) is 0 Å². The summed E-state index contributed by atoms with van der Waals surface area (Å²) in [5.74, 6) is -0.225. The molecule has 1 aromatic heterocycles. The Bertz CT molecular complexity index is 274. The average molecular weight is 180 g/mol. The lowest BCUT2D eigenvalue weighted by molar-refractivity contribution is 0.0353. The van der Waals surface area contributed by atoms with Gasteiger partial charge in [0.15, 0.2) is 0 Å². The number of carbonyl (C=O) groups is 1. The van der Waals surface area contributed by atoms with Crippen molar-refractivity contribution >= 4 is 5.97 Å². The molecule has 3 nitrogen and oxygen atoms in total. The molecule has 0 aliphatic rings. The van der Waals surface area contributed by atoms with Gasteiger partial charge in [-0.1, -0.05) is 19.6 Å². The monoisotopic (exact) mass is 180 g/mol. The van der Waals surface area contributed by atoms with Crippen molar-refractivity contribution < 1.29 is 13.9 Å². The summed E-state index contributed by atoms with van der Waals surface area (Å²) in [5.41, 5.74) is 0. The molecule has 3 heteroatoms. The molecule has 0 saturated carbocycles. The van der Waals surface area contributed by atoms with E-state index in [1.54, 1.807) is 18.2 Å². The molecule has 0 aliphatic carbocycles. The molecule has 1 atom stereocenters. The molecular weight excluding hydrogens is 168 g/mol. The predicted octanol–water partition coefficient (Wildman–Crippen LogP) is 2.40. The molecule has 13 heavy (non-hydrogen) atoms. The first-order valence-corrected chi connectivity index (χ1v) is 4.15. The van der Waals surface area contributed by atoms with Gasteiger partial charge in [-0.15, -0.1) is 0 Å². The number of esters is 1. The third-order valence-electron chi connectivity index (χ3n) is 1.65. The van der Waals surface area contributed by atoms with Gasteiger partial charge in [0.25, 0.3) is 0 Å². The van der Waals surface area contributed by atoms with E-state index in [-0.39, 0.29) is 11.9 Å². The minimum atomic E-state index is -0.447. The van der Waals surface area contributed by atoms with E-state index in [0.717, 1.165) is 6.42 Å². The van der Waals surface area contributed by atoms with Crippen molar-refractivity contribution in [3.05, 3.63) is 36.8 Å². The molecule has 0 amide bonds. The lowest BCUT2D eigenvalue weighted by atomic mass is 10.3. The maximum absolute atomic E-state index is 11.3. The summed E-state index contributed by atoms with van der Waals surface area (Å²) >= 11 is 0. The molecule has 0 aromatic carbocycles. The number of furan rings is 1. The summed E-state index contributed by atoms with van der Waals surface area (Å²) in [7, 11) is 0. The van der Waals surface area contributed by atoms with Gasteiger partial charge >= 0.3 is 5.97 Å². The number of carbonyl (C=O) groups excluding carboxylic acids is 1. The van der Waals surface area contributed by atoms with E-state index in [9.17, 15) is 4.79 Å². The fourth-order valence-corrected chi connectivity index (χ4v) is 0.888. The quantitative estimate of drug-likeness (QED) is 0.527. The maximum atomic E-state index is 11.3. The molecule has 0 N–H and O–H groups in total. The third-order valence-corrected chi connectivity index (χ3v) is 1.65. The minimum Gasteiger partial charge on any atom is -0.457 e. The standard InChI is InChI=1S/C10H12O3/c1-3-8(4-2)13-10(11)9-6-5-7-12-9/h3,5-8H,1,4H2,2H3. The van der Waals surface area contributed by atoms with Crippen molar-refractivity contribution in [2.75, 3.05) is 0 Å². The van der Waals surface area contributed by atoms with Gasteiger partial charge in [-0.25, -0.2) is 4.79 Å². The van der Waals surface area contributed by atoms with E-state index in [0.29, 0.717) is 0 Å². The first kappa shape index (κ1) is 9.58. The van der Waals surface area contributed by atoms with Crippen LogP contribution in [0.2, 0.25) is 0 Å². The van der Waals surface area contributed by atoms with Gasteiger partial charge in [0.05, 0.1) is 6.26 Å². The van der Waals surface area contributed by atoms with E-state index in [2.05, 4.69) is 6.58 Å². The lowest BCUT2D eigenvalue weighted by Gasteiger charge is -2.09. The molecule has 1 heterocycles. The molecule has 1 unspecified atom stereocenters. The molecule has 0 spiro atoms. The van der Waals surface area contributed by atoms with Crippen LogP contribution in [0.25, 0.3) is 0 Å². The summed E-state index contributed by atoms with van der Waals surface area (Å²) in [6, 6.07) is 3.21. The van der Waals surface area contributed by atoms with Crippen LogP contribution in [-0.2, 0) is 4.74 Å². The molecule has 0 aliphatic heterocycles. The molecule has 70 valence electrons. The highest BCUT2D eigenvalue weighted by Gasteiger charge is 2.13. The van der Waals surface area contributed by atoms with Crippen molar-refractivity contribution in [2.45, 2.75) is 19.4 Å². The smallest absolute Gasteiger partial charge is 0.374 e. The highest BCUT2D eigenvalue weighted by molar-refractivity contribution is 5.86. The third kappa shape index (κ3) is 2.47. The van der Waals surface area contributed by atoms with Crippen molar-refractivity contribution in [2.24, 2.45) is 0 Å². The number of hydrogen-bond acceptors (Lipinski definition) is 3. The van der Waals surface area contributed by atoms with Crippen molar-refractivity contribution in [1.29, 1.82) is 0 Å². The Balaban J connectivity index is 2.55. The molecular formula is C10H12O3. The summed E-state index contributed by atoms with van der Waals surface area (Å²) in [6.45, 7) is 5.48. The van der Waals surface area contributed by atoms with Crippen LogP contribution in [0.4, 0.5) is 0 Å². The van der Waals surface area contributed by atoms with Crippen LogP contribution in [0.5, 0.6) is 0 Å². The molecule has 0 radical (unpaired) electrons. The van der Waals surface area contributed by atoms with Gasteiger partial charge in [-0.05, 0) is 18.6 Å². The van der Waals surface area contributed by atoms with Gasteiger partial charge in [-0.2, -0.15) is 0 Å². The molecule has 0 bridgehead atoms. The van der Waals surface area contributed by atoms with Crippen LogP contribution in [0.15, 0.2) is 35.5 Å². The predicted molar refractivity (Wildman–Crippen MR) is 48.4 cm³/mol. The highest BCUT2D eigenvalue weighted by Crippen LogP contribution is 2.07. The van der Waals surface area contributed by atoms with Crippen LogP contribution in [0.3, 0.4) is 0 Å². The maximum Gasteiger partial charge on any atom is 0.374 e. The van der Waals surface area contributed by atoms with Crippen molar-refractivity contribution in [3.63, 3.8) is 0 Å². The Labute approximate surface area is 77.0 Å². The van der Waals surface area contributed by atoms with Gasteiger partial charge in [0.1, 0.15) is 6.10 Å². The second-order valence-corrected chi connectivity index (χ2v) is 2.57. The van der Waals surface area contributed by atoms with Gasteiger partial charge in [-0.3, -0.25) is 0 Å². The highest BCUT2D eigenvalue weighted by atomic mass is 16.6. The minimum absolute atomic E-state index is 0.223. The summed E-state index contributed by atoms with van der Waals surface area (Å²) < 4.78 is 9.92. The number of rotatable bonds is 4. The first-order chi connectivity index (χ1) is 6.27. The SMILES string of the molecule is C=CC(CC)OC(=O)c1ccco1. The lowest BCUT2D eigenvalue weighted by Crippen LogP contribution is -2.14. The van der Waals surface area contributed by atoms with E-state index < -0.39 is 5.97 Å². The zero-order chi connectivity index (χ0) is 9.68. The largest absolute Gasteiger partial charge is 0.457 e. The van der Waals surface area contributed by atoms with Crippen molar-refractivity contribution in [1.82, 2.24) is 0 Å². The summed E-state index contributed by atoms with van der Waals surface area (Å²) in [6.07, 6.45) is 3.51. The Morgan fingerprint density at radius 2 is 2.62 bits per heavy atom. The summed E-state index contributed by atoms with van der Waals surface area (Å²) in [5, 5.41) is 0. The van der Waals surface area contributed by atoms with Crippen LogP contribution >= 0.6 is 0 Å².